The van der Waals surface area contributed by atoms with Crippen molar-refractivity contribution in [3.8, 4) is 5.69 Å². The largest absolute Gasteiger partial charge is 0.213 e. The first-order valence-corrected chi connectivity index (χ1v) is 12.7. The second-order valence-corrected chi connectivity index (χ2v) is 11.4. The Kier molecular flexibility index (Phi) is 7.34. The summed E-state index contributed by atoms with van der Waals surface area (Å²) in [6, 6.07) is 39.6. The third kappa shape index (κ3) is 4.77. The summed E-state index contributed by atoms with van der Waals surface area (Å²) in [7, 11) is -2.07. The lowest BCUT2D eigenvalue weighted by Crippen LogP contribution is -2.32. The lowest BCUT2D eigenvalue weighted by atomic mass is 10.3. The van der Waals surface area contributed by atoms with Gasteiger partial charge < -0.3 is 0 Å². The second-order valence-electron chi connectivity index (χ2n) is 7.45. The van der Waals surface area contributed by atoms with E-state index < -0.39 is 7.26 Å². The van der Waals surface area contributed by atoms with Gasteiger partial charge in [-0.15, -0.1) is 32.0 Å². The van der Waals surface area contributed by atoms with Crippen LogP contribution in [-0.4, -0.2) is 20.2 Å². The van der Waals surface area contributed by atoms with Gasteiger partial charge in [-0.1, -0.05) is 72.3 Å². The van der Waals surface area contributed by atoms with Gasteiger partial charge in [0.15, 0.2) is 0 Å². The molecule has 0 fully saturated rings. The summed E-state index contributed by atoms with van der Waals surface area (Å²) in [4.78, 5) is 1.55. The maximum absolute atomic E-state index is 6.16. The van der Waals surface area contributed by atoms with Crippen molar-refractivity contribution in [2.24, 2.45) is 0 Å². The molecule has 7 heteroatoms. The average Bonchev–Trinajstić information content (AvgIpc) is 3.33. The van der Waals surface area contributed by atoms with Gasteiger partial charge in [0, 0.05) is 5.02 Å². The Morgan fingerprint density at radius 2 is 1.18 bits per heavy atom. The van der Waals surface area contributed by atoms with Gasteiger partial charge in [0.05, 0.1) is 5.69 Å². The number of rotatable bonds is 6. The number of aromatic nitrogens is 4. The van der Waals surface area contributed by atoms with Crippen molar-refractivity contribution in [2.75, 3.05) is 0 Å². The second kappa shape index (κ2) is 10.4. The molecule has 0 spiro atoms. The topological polar surface area (TPSA) is 43.6 Å². The highest BCUT2D eigenvalue weighted by atomic mass is 79.9. The minimum Gasteiger partial charge on any atom is -0.131 e. The van der Waals surface area contributed by atoms with E-state index in [0.717, 1.165) is 5.69 Å². The third-order valence-electron chi connectivity index (χ3n) is 5.46. The average molecular weight is 537 g/mol. The summed E-state index contributed by atoms with van der Waals surface area (Å²) in [5.41, 5.74) is 0.791. The number of nitrogens with zero attached hydrogens (tertiary/aromatic N) is 4. The van der Waals surface area contributed by atoms with Crippen LogP contribution < -0.4 is 15.9 Å². The predicted molar refractivity (Wildman–Crippen MR) is 143 cm³/mol. The molecule has 33 heavy (non-hydrogen) atoms. The fraction of sp³-hybridized carbons (Fsp3) is 0.0385. The van der Waals surface area contributed by atoms with Gasteiger partial charge >= 0.3 is 0 Å². The van der Waals surface area contributed by atoms with E-state index in [1.165, 1.54) is 15.9 Å². The van der Waals surface area contributed by atoms with E-state index in [-0.39, 0.29) is 17.0 Å². The van der Waals surface area contributed by atoms with Crippen molar-refractivity contribution in [2.45, 2.75) is 6.16 Å². The van der Waals surface area contributed by atoms with E-state index in [1.54, 1.807) is 4.80 Å². The minimum atomic E-state index is -2.07. The zero-order chi connectivity index (χ0) is 21.8. The van der Waals surface area contributed by atoms with Crippen LogP contribution in [0, 0.1) is 0 Å². The molecule has 0 aliphatic heterocycles. The Balaban J connectivity index is 0.00000259. The number of hydrogen-bond acceptors (Lipinski definition) is 3. The first kappa shape index (κ1) is 23.3. The Bertz CT molecular complexity index is 1220. The molecule has 0 N–H and O–H groups in total. The van der Waals surface area contributed by atoms with E-state index in [2.05, 4.69) is 101 Å². The van der Waals surface area contributed by atoms with Crippen molar-refractivity contribution in [3.63, 3.8) is 0 Å². The van der Waals surface area contributed by atoms with Crippen LogP contribution in [0.5, 0.6) is 0 Å². The molecule has 0 saturated heterocycles. The molecular weight excluding hydrogens is 515 g/mol. The van der Waals surface area contributed by atoms with E-state index in [0.29, 0.717) is 17.0 Å². The number of benzene rings is 4. The van der Waals surface area contributed by atoms with Crippen LogP contribution in [0.25, 0.3) is 5.69 Å². The molecule has 0 aliphatic rings. The molecule has 4 nitrogen and oxygen atoms in total. The van der Waals surface area contributed by atoms with Crippen molar-refractivity contribution >= 4 is 51.8 Å². The van der Waals surface area contributed by atoms with Crippen molar-refractivity contribution in [1.82, 2.24) is 20.2 Å². The first-order valence-electron chi connectivity index (χ1n) is 10.4. The molecule has 164 valence electrons. The zero-order valence-electron chi connectivity index (χ0n) is 17.7. The van der Waals surface area contributed by atoms with Gasteiger partial charge in [-0.3, -0.25) is 0 Å². The molecule has 0 amide bonds. The van der Waals surface area contributed by atoms with Crippen LogP contribution in [0.2, 0.25) is 5.02 Å². The first-order chi connectivity index (χ1) is 15.8. The molecule has 1 aromatic heterocycles. The minimum absolute atomic E-state index is 0. The zero-order valence-corrected chi connectivity index (χ0v) is 21.1. The summed E-state index contributed by atoms with van der Waals surface area (Å²) >= 11 is 6.16. The monoisotopic (exact) mass is 535 g/mol. The smallest absolute Gasteiger partial charge is 0.131 e. The highest BCUT2D eigenvalue weighted by Gasteiger charge is 2.46. The van der Waals surface area contributed by atoms with Gasteiger partial charge in [-0.2, -0.15) is 0 Å². The van der Waals surface area contributed by atoms with E-state index in [4.69, 9.17) is 16.7 Å². The molecule has 0 atom stereocenters. The van der Waals surface area contributed by atoms with Crippen molar-refractivity contribution < 1.29 is 0 Å². The summed E-state index contributed by atoms with van der Waals surface area (Å²) < 4.78 is 0. The van der Waals surface area contributed by atoms with Gasteiger partial charge in [0.1, 0.15) is 29.3 Å². The lowest BCUT2D eigenvalue weighted by Gasteiger charge is -2.26. The fourth-order valence-electron chi connectivity index (χ4n) is 4.00. The number of halogens is 2. The summed E-state index contributed by atoms with van der Waals surface area (Å²) in [5.74, 6) is 0.704. The third-order valence-corrected chi connectivity index (χ3v) is 10.00. The Morgan fingerprint density at radius 1 is 0.667 bits per heavy atom. The van der Waals surface area contributed by atoms with Gasteiger partial charge in [0.25, 0.3) is 0 Å². The highest BCUT2D eigenvalue weighted by molar-refractivity contribution is 8.93. The van der Waals surface area contributed by atoms with Crippen LogP contribution >= 0.6 is 35.8 Å². The maximum atomic E-state index is 6.16. The summed E-state index contributed by atoms with van der Waals surface area (Å²) in [5, 5.41) is 18.0. The van der Waals surface area contributed by atoms with Gasteiger partial charge in [0.2, 0.25) is 5.82 Å². The molecule has 1 heterocycles. The number of hydrogen-bond donors (Lipinski definition) is 0. The molecule has 5 rings (SSSR count). The van der Waals surface area contributed by atoms with Gasteiger partial charge in [-0.05, 0) is 59.8 Å². The van der Waals surface area contributed by atoms with Crippen LogP contribution in [0.4, 0.5) is 0 Å². The van der Waals surface area contributed by atoms with Crippen LogP contribution in [0.3, 0.4) is 0 Å². The van der Waals surface area contributed by atoms with Crippen molar-refractivity contribution in [3.05, 3.63) is 126 Å². The maximum Gasteiger partial charge on any atom is 0.213 e. The summed E-state index contributed by atoms with van der Waals surface area (Å²) in [6.07, 6.45) is 0.672. The highest BCUT2D eigenvalue weighted by Crippen LogP contribution is 2.57. The SMILES string of the molecule is Br.Clc1cccc(-n2nnc(C[P+](c3ccccc3)(c3ccccc3)c3ccccc3)n2)c1. The lowest BCUT2D eigenvalue weighted by molar-refractivity contribution is 0.719. The molecule has 0 saturated carbocycles. The molecule has 0 bridgehead atoms. The molecule has 0 unspecified atom stereocenters. The fourth-order valence-corrected chi connectivity index (χ4v) is 8.22. The molecule has 0 aliphatic carbocycles. The van der Waals surface area contributed by atoms with Crippen LogP contribution in [-0.2, 0) is 6.16 Å². The normalized spacial score (nSPS) is 11.1. The number of tetrazole rings is 1. The van der Waals surface area contributed by atoms with Gasteiger partial charge in [-0.25, -0.2) is 0 Å². The van der Waals surface area contributed by atoms with E-state index in [1.807, 2.05) is 24.3 Å². The summed E-state index contributed by atoms with van der Waals surface area (Å²) in [6.45, 7) is 0. The quantitative estimate of drug-likeness (QED) is 0.274. The molecule has 5 aromatic rings. The Labute approximate surface area is 209 Å². The van der Waals surface area contributed by atoms with Crippen molar-refractivity contribution in [1.29, 1.82) is 0 Å². The van der Waals surface area contributed by atoms with Crippen LogP contribution in [0.1, 0.15) is 5.82 Å². The predicted octanol–water partition coefficient (Wildman–Crippen LogP) is 5.39. The Morgan fingerprint density at radius 3 is 1.67 bits per heavy atom. The standard InChI is InChI=1S/C26H21ClN4P.BrH/c27-21-11-10-12-22(19-21)31-29-26(28-30-31)20-32(23-13-4-1-5-14-23,24-15-6-2-7-16-24)25-17-8-3-9-18-25;/h1-19H,20H2;1H/q+1;. The Hall–Kier alpha value is -2.85. The molecule has 0 radical (unpaired) electrons. The van der Waals surface area contributed by atoms with E-state index in [9.17, 15) is 0 Å². The molecule has 4 aromatic carbocycles. The van der Waals surface area contributed by atoms with E-state index >= 15 is 0 Å². The van der Waals surface area contributed by atoms with Crippen LogP contribution in [0.15, 0.2) is 115 Å². The molecular formula is C26H22BrClN4P+.